The Morgan fingerprint density at radius 1 is 1.29 bits per heavy atom. The van der Waals surface area contributed by atoms with Crippen molar-refractivity contribution in [1.29, 1.82) is 0 Å². The zero-order valence-corrected chi connectivity index (χ0v) is 7.73. The standard InChI is InChI=1S/C9H11N3O2/c1-12(9(10)14)11-8(13)7-5-3-2-4-6-7/h2-6H,1H3,(H2,10,14)(H,11,13). The summed E-state index contributed by atoms with van der Waals surface area (Å²) in [6.45, 7) is 0. The number of urea groups is 1. The maximum absolute atomic E-state index is 11.4. The van der Waals surface area contributed by atoms with Gasteiger partial charge in [-0.2, -0.15) is 0 Å². The molecule has 5 heteroatoms. The first-order valence-corrected chi connectivity index (χ1v) is 4.00. The number of primary amides is 1. The van der Waals surface area contributed by atoms with Crippen molar-refractivity contribution < 1.29 is 9.59 Å². The van der Waals surface area contributed by atoms with Crippen LogP contribution in [0.25, 0.3) is 0 Å². The Hall–Kier alpha value is -2.04. The molecule has 0 aliphatic carbocycles. The van der Waals surface area contributed by atoms with Crippen LogP contribution in [-0.4, -0.2) is 24.0 Å². The number of nitrogens with two attached hydrogens (primary N) is 1. The molecule has 0 atom stereocenters. The van der Waals surface area contributed by atoms with E-state index in [4.69, 9.17) is 5.73 Å². The van der Waals surface area contributed by atoms with Gasteiger partial charge in [-0.25, -0.2) is 9.80 Å². The monoisotopic (exact) mass is 193 g/mol. The Bertz CT molecular complexity index is 337. The van der Waals surface area contributed by atoms with E-state index in [0.29, 0.717) is 5.56 Å². The molecule has 0 radical (unpaired) electrons. The Labute approximate surface area is 81.5 Å². The van der Waals surface area contributed by atoms with Crippen molar-refractivity contribution in [3.8, 4) is 0 Å². The lowest BCUT2D eigenvalue weighted by atomic mass is 10.2. The fourth-order valence-electron chi connectivity index (χ4n) is 0.861. The normalized spacial score (nSPS) is 9.21. The summed E-state index contributed by atoms with van der Waals surface area (Å²) >= 11 is 0. The zero-order valence-electron chi connectivity index (χ0n) is 7.73. The Morgan fingerprint density at radius 2 is 1.86 bits per heavy atom. The molecule has 0 saturated carbocycles. The predicted octanol–water partition coefficient (Wildman–Crippen LogP) is 0.342. The molecule has 74 valence electrons. The molecular formula is C9H11N3O2. The van der Waals surface area contributed by atoms with Crippen molar-refractivity contribution in [2.45, 2.75) is 0 Å². The number of benzene rings is 1. The van der Waals surface area contributed by atoms with Crippen molar-refractivity contribution in [3.63, 3.8) is 0 Å². The van der Waals surface area contributed by atoms with E-state index < -0.39 is 6.03 Å². The second-order valence-corrected chi connectivity index (χ2v) is 2.70. The third-order valence-electron chi connectivity index (χ3n) is 1.64. The van der Waals surface area contributed by atoms with E-state index in [-0.39, 0.29) is 5.91 Å². The minimum Gasteiger partial charge on any atom is -0.350 e. The van der Waals surface area contributed by atoms with E-state index in [9.17, 15) is 9.59 Å². The molecule has 3 amide bonds. The molecule has 0 unspecified atom stereocenters. The smallest absolute Gasteiger partial charge is 0.333 e. The fourth-order valence-corrected chi connectivity index (χ4v) is 0.861. The fraction of sp³-hybridized carbons (Fsp3) is 0.111. The number of nitrogens with zero attached hydrogens (tertiary/aromatic N) is 1. The van der Waals surface area contributed by atoms with Crippen molar-refractivity contribution >= 4 is 11.9 Å². The first-order chi connectivity index (χ1) is 6.61. The van der Waals surface area contributed by atoms with Gasteiger partial charge in [-0.1, -0.05) is 18.2 Å². The van der Waals surface area contributed by atoms with Gasteiger partial charge in [0, 0.05) is 12.6 Å². The van der Waals surface area contributed by atoms with Crippen LogP contribution >= 0.6 is 0 Å². The van der Waals surface area contributed by atoms with Crippen LogP contribution < -0.4 is 11.2 Å². The Kier molecular flexibility index (Phi) is 3.06. The van der Waals surface area contributed by atoms with Gasteiger partial charge in [0.15, 0.2) is 0 Å². The van der Waals surface area contributed by atoms with Crippen LogP contribution in [0.5, 0.6) is 0 Å². The highest BCUT2D eigenvalue weighted by Crippen LogP contribution is 1.97. The highest BCUT2D eigenvalue weighted by Gasteiger charge is 2.08. The Morgan fingerprint density at radius 3 is 2.36 bits per heavy atom. The number of nitrogens with one attached hydrogen (secondary N) is 1. The van der Waals surface area contributed by atoms with Crippen molar-refractivity contribution in [2.75, 3.05) is 7.05 Å². The highest BCUT2D eigenvalue weighted by molar-refractivity contribution is 5.94. The molecular weight excluding hydrogens is 182 g/mol. The topological polar surface area (TPSA) is 75.4 Å². The van der Waals surface area contributed by atoms with Gasteiger partial charge < -0.3 is 5.73 Å². The molecule has 0 fully saturated rings. The number of rotatable bonds is 1. The number of carbonyl (C=O) groups excluding carboxylic acids is 2. The van der Waals surface area contributed by atoms with Crippen LogP contribution in [-0.2, 0) is 0 Å². The number of hydrazine groups is 1. The number of hydrogen-bond donors (Lipinski definition) is 2. The summed E-state index contributed by atoms with van der Waals surface area (Å²) in [6, 6.07) is 7.84. The minimum absolute atomic E-state index is 0.369. The highest BCUT2D eigenvalue weighted by atomic mass is 16.2. The molecule has 0 bridgehead atoms. The largest absolute Gasteiger partial charge is 0.350 e. The average molecular weight is 193 g/mol. The lowest BCUT2D eigenvalue weighted by Gasteiger charge is -2.15. The summed E-state index contributed by atoms with van der Waals surface area (Å²) < 4.78 is 0. The van der Waals surface area contributed by atoms with Gasteiger partial charge in [0.05, 0.1) is 0 Å². The molecule has 0 spiro atoms. The number of amides is 3. The average Bonchev–Trinajstić information content (AvgIpc) is 2.19. The first kappa shape index (κ1) is 10.0. The van der Waals surface area contributed by atoms with Crippen molar-refractivity contribution in [3.05, 3.63) is 35.9 Å². The molecule has 14 heavy (non-hydrogen) atoms. The molecule has 5 nitrogen and oxygen atoms in total. The molecule has 3 N–H and O–H groups in total. The lowest BCUT2D eigenvalue weighted by molar-refractivity contribution is 0.0859. The summed E-state index contributed by atoms with van der Waals surface area (Å²) in [4.78, 5) is 22.0. The summed E-state index contributed by atoms with van der Waals surface area (Å²) in [5.41, 5.74) is 7.72. The van der Waals surface area contributed by atoms with Gasteiger partial charge in [-0.05, 0) is 12.1 Å². The summed E-state index contributed by atoms with van der Waals surface area (Å²) in [5, 5.41) is 0.926. The molecule has 1 aromatic carbocycles. The van der Waals surface area contributed by atoms with E-state index in [1.54, 1.807) is 30.3 Å². The lowest BCUT2D eigenvalue weighted by Crippen LogP contribution is -2.46. The molecule has 0 heterocycles. The molecule has 1 aromatic rings. The van der Waals surface area contributed by atoms with Gasteiger partial charge in [0.25, 0.3) is 5.91 Å². The van der Waals surface area contributed by atoms with E-state index >= 15 is 0 Å². The molecule has 0 aliphatic rings. The SMILES string of the molecule is CN(NC(=O)c1ccccc1)C(N)=O. The first-order valence-electron chi connectivity index (χ1n) is 4.00. The van der Waals surface area contributed by atoms with E-state index in [1.165, 1.54) is 7.05 Å². The maximum atomic E-state index is 11.4. The third-order valence-corrected chi connectivity index (χ3v) is 1.64. The van der Waals surface area contributed by atoms with Crippen LogP contribution in [0.1, 0.15) is 10.4 Å². The number of carbonyl (C=O) groups is 2. The van der Waals surface area contributed by atoms with Crippen molar-refractivity contribution in [2.24, 2.45) is 5.73 Å². The predicted molar refractivity (Wildman–Crippen MR) is 51.3 cm³/mol. The van der Waals surface area contributed by atoms with Gasteiger partial charge in [0.1, 0.15) is 0 Å². The van der Waals surface area contributed by atoms with Crippen molar-refractivity contribution in [1.82, 2.24) is 10.4 Å². The van der Waals surface area contributed by atoms with Gasteiger partial charge in [0.2, 0.25) is 0 Å². The van der Waals surface area contributed by atoms with Crippen LogP contribution in [0.4, 0.5) is 4.79 Å². The quantitative estimate of drug-likeness (QED) is 0.631. The summed E-state index contributed by atoms with van der Waals surface area (Å²) in [7, 11) is 1.38. The number of hydrogen-bond acceptors (Lipinski definition) is 2. The van der Waals surface area contributed by atoms with Gasteiger partial charge >= 0.3 is 6.03 Å². The van der Waals surface area contributed by atoms with Crippen LogP contribution in [0.15, 0.2) is 30.3 Å². The summed E-state index contributed by atoms with van der Waals surface area (Å²) in [5.74, 6) is -0.369. The van der Waals surface area contributed by atoms with E-state index in [1.807, 2.05) is 0 Å². The van der Waals surface area contributed by atoms with Gasteiger partial charge in [-0.15, -0.1) is 0 Å². The second-order valence-electron chi connectivity index (χ2n) is 2.70. The minimum atomic E-state index is -0.714. The zero-order chi connectivity index (χ0) is 10.6. The maximum Gasteiger partial charge on any atom is 0.333 e. The van der Waals surface area contributed by atoms with E-state index in [0.717, 1.165) is 5.01 Å². The molecule has 1 rings (SSSR count). The van der Waals surface area contributed by atoms with Crippen LogP contribution in [0.3, 0.4) is 0 Å². The van der Waals surface area contributed by atoms with E-state index in [2.05, 4.69) is 5.43 Å². The van der Waals surface area contributed by atoms with Gasteiger partial charge in [-0.3, -0.25) is 10.2 Å². The third kappa shape index (κ3) is 2.48. The molecule has 0 aliphatic heterocycles. The molecule has 0 aromatic heterocycles. The van der Waals surface area contributed by atoms with Crippen LogP contribution in [0.2, 0.25) is 0 Å². The molecule has 0 saturated heterocycles. The summed E-state index contributed by atoms with van der Waals surface area (Å²) in [6.07, 6.45) is 0. The Balaban J connectivity index is 2.64. The van der Waals surface area contributed by atoms with Crippen LogP contribution in [0, 0.1) is 0 Å². The second kappa shape index (κ2) is 4.27.